The normalized spacial score (nSPS) is 24.6. The average molecular weight is 218 g/mol. The number of Topliss-reactive ketones (excluding diaryl/α,β-unsaturated/α-hetero) is 1. The van der Waals surface area contributed by atoms with Crippen LogP contribution in [0.5, 0.6) is 0 Å². The summed E-state index contributed by atoms with van der Waals surface area (Å²) in [7, 11) is 0. The second-order valence-electron chi connectivity index (χ2n) is 4.51. The highest BCUT2D eigenvalue weighted by atomic mass is 16.5. The van der Waals surface area contributed by atoms with Gasteiger partial charge in [0.15, 0.2) is 5.78 Å². The van der Waals surface area contributed by atoms with E-state index >= 15 is 0 Å². The van der Waals surface area contributed by atoms with Gasteiger partial charge in [-0.25, -0.2) is 0 Å². The number of carbonyl (C=O) groups excluding carboxylic acids is 1. The smallest absolute Gasteiger partial charge is 0.162 e. The summed E-state index contributed by atoms with van der Waals surface area (Å²) in [6.45, 7) is 2.83. The van der Waals surface area contributed by atoms with Crippen molar-refractivity contribution in [1.29, 1.82) is 0 Å². The van der Waals surface area contributed by atoms with Gasteiger partial charge in [0.1, 0.15) is 6.10 Å². The Kier molecular flexibility index (Phi) is 3.73. The van der Waals surface area contributed by atoms with E-state index in [0.717, 1.165) is 19.4 Å². The van der Waals surface area contributed by atoms with Gasteiger partial charge in [-0.05, 0) is 24.3 Å². The minimum absolute atomic E-state index is 0.149. The molecule has 1 aliphatic rings. The van der Waals surface area contributed by atoms with Crippen LogP contribution >= 0.6 is 0 Å². The van der Waals surface area contributed by atoms with Gasteiger partial charge < -0.3 is 4.74 Å². The van der Waals surface area contributed by atoms with Gasteiger partial charge in [0.25, 0.3) is 0 Å². The summed E-state index contributed by atoms with van der Waals surface area (Å²) in [4.78, 5) is 11.9. The van der Waals surface area contributed by atoms with Crippen LogP contribution in [0.3, 0.4) is 0 Å². The van der Waals surface area contributed by atoms with Crippen molar-refractivity contribution in [2.24, 2.45) is 5.92 Å². The largest absolute Gasteiger partial charge is 0.370 e. The van der Waals surface area contributed by atoms with Crippen molar-refractivity contribution >= 4 is 5.78 Å². The molecule has 0 bridgehead atoms. The molecule has 1 heterocycles. The fraction of sp³-hybridized carbons (Fsp3) is 0.500. The number of benzene rings is 1. The van der Waals surface area contributed by atoms with Crippen molar-refractivity contribution in [3.63, 3.8) is 0 Å². The first-order chi connectivity index (χ1) is 7.77. The molecule has 86 valence electrons. The van der Waals surface area contributed by atoms with Crippen LogP contribution in [0.1, 0.15) is 25.3 Å². The predicted octanol–water partition coefficient (Wildman–Crippen LogP) is 2.61. The Morgan fingerprint density at radius 1 is 1.38 bits per heavy atom. The molecule has 0 radical (unpaired) electrons. The molecule has 2 rings (SSSR count). The maximum Gasteiger partial charge on any atom is 0.162 e. The van der Waals surface area contributed by atoms with E-state index in [2.05, 4.69) is 19.1 Å². The molecule has 1 fully saturated rings. The zero-order valence-electron chi connectivity index (χ0n) is 9.69. The predicted molar refractivity (Wildman–Crippen MR) is 63.3 cm³/mol. The number of ketones is 1. The summed E-state index contributed by atoms with van der Waals surface area (Å²) in [6.07, 6.45) is 2.29. The van der Waals surface area contributed by atoms with Crippen molar-refractivity contribution in [1.82, 2.24) is 0 Å². The van der Waals surface area contributed by atoms with Crippen LogP contribution in [0.25, 0.3) is 0 Å². The third-order valence-electron chi connectivity index (χ3n) is 3.21. The summed E-state index contributed by atoms with van der Waals surface area (Å²) < 4.78 is 5.47. The topological polar surface area (TPSA) is 26.3 Å². The Morgan fingerprint density at radius 3 is 2.75 bits per heavy atom. The van der Waals surface area contributed by atoms with E-state index in [4.69, 9.17) is 4.74 Å². The Hall–Kier alpha value is -1.15. The molecular weight excluding hydrogens is 200 g/mol. The molecule has 0 amide bonds. The third-order valence-corrected chi connectivity index (χ3v) is 3.21. The van der Waals surface area contributed by atoms with Gasteiger partial charge in [0.05, 0.1) is 0 Å². The molecule has 1 saturated heterocycles. The lowest BCUT2D eigenvalue weighted by Gasteiger charge is -2.12. The maximum absolute atomic E-state index is 11.9. The second kappa shape index (κ2) is 5.26. The summed E-state index contributed by atoms with van der Waals surface area (Å²) >= 11 is 0. The van der Waals surface area contributed by atoms with E-state index < -0.39 is 0 Å². The fourth-order valence-corrected chi connectivity index (χ4v) is 2.16. The number of rotatable bonds is 4. The molecule has 1 aliphatic heterocycles. The van der Waals surface area contributed by atoms with Crippen molar-refractivity contribution in [2.45, 2.75) is 32.3 Å². The minimum atomic E-state index is -0.149. The monoisotopic (exact) mass is 218 g/mol. The first-order valence-electron chi connectivity index (χ1n) is 5.95. The fourth-order valence-electron chi connectivity index (χ4n) is 2.16. The molecule has 2 unspecified atom stereocenters. The molecule has 0 aliphatic carbocycles. The zero-order valence-corrected chi connectivity index (χ0v) is 9.69. The Bertz CT molecular complexity index is 345. The van der Waals surface area contributed by atoms with Crippen LogP contribution in [0.4, 0.5) is 0 Å². The third kappa shape index (κ3) is 2.70. The Labute approximate surface area is 96.6 Å². The highest BCUT2D eigenvalue weighted by Gasteiger charge is 2.29. The first-order valence-corrected chi connectivity index (χ1v) is 5.95. The van der Waals surface area contributed by atoms with Gasteiger partial charge in [0, 0.05) is 13.0 Å². The Morgan fingerprint density at radius 2 is 2.12 bits per heavy atom. The molecule has 2 nitrogen and oxygen atoms in total. The average Bonchev–Trinajstić information content (AvgIpc) is 2.74. The molecule has 0 N–H and O–H groups in total. The summed E-state index contributed by atoms with van der Waals surface area (Å²) in [6, 6.07) is 10.1. The van der Waals surface area contributed by atoms with Gasteiger partial charge >= 0.3 is 0 Å². The second-order valence-corrected chi connectivity index (χ2v) is 4.51. The molecule has 2 atom stereocenters. The van der Waals surface area contributed by atoms with Crippen molar-refractivity contribution in [3.8, 4) is 0 Å². The standard InChI is InChI=1S/C14H18O2/c1-11-9-10-16-14(11)13(15)8-7-12-5-3-2-4-6-12/h2-6,11,14H,7-10H2,1H3. The van der Waals surface area contributed by atoms with E-state index in [1.165, 1.54) is 5.56 Å². The van der Waals surface area contributed by atoms with Crippen LogP contribution in [0.15, 0.2) is 30.3 Å². The minimum Gasteiger partial charge on any atom is -0.370 e. The molecule has 1 aromatic rings. The SMILES string of the molecule is CC1CCOC1C(=O)CCc1ccccc1. The van der Waals surface area contributed by atoms with Gasteiger partial charge in [-0.3, -0.25) is 4.79 Å². The van der Waals surface area contributed by atoms with Crippen molar-refractivity contribution < 1.29 is 9.53 Å². The van der Waals surface area contributed by atoms with Crippen LogP contribution in [0.2, 0.25) is 0 Å². The zero-order chi connectivity index (χ0) is 11.4. The summed E-state index contributed by atoms with van der Waals surface area (Å²) in [5.41, 5.74) is 1.22. The van der Waals surface area contributed by atoms with Gasteiger partial charge in [-0.1, -0.05) is 37.3 Å². The van der Waals surface area contributed by atoms with Crippen molar-refractivity contribution in [3.05, 3.63) is 35.9 Å². The van der Waals surface area contributed by atoms with Crippen molar-refractivity contribution in [2.75, 3.05) is 6.61 Å². The lowest BCUT2D eigenvalue weighted by molar-refractivity contribution is -0.129. The summed E-state index contributed by atoms with van der Waals surface area (Å²) in [5.74, 6) is 0.650. The van der Waals surface area contributed by atoms with Crippen LogP contribution < -0.4 is 0 Å². The number of ether oxygens (including phenoxy) is 1. The van der Waals surface area contributed by atoms with E-state index in [9.17, 15) is 4.79 Å². The highest BCUT2D eigenvalue weighted by molar-refractivity contribution is 5.83. The number of aryl methyl sites for hydroxylation is 1. The highest BCUT2D eigenvalue weighted by Crippen LogP contribution is 2.22. The van der Waals surface area contributed by atoms with Crippen LogP contribution in [-0.4, -0.2) is 18.5 Å². The first kappa shape index (κ1) is 11.3. The van der Waals surface area contributed by atoms with Gasteiger partial charge in [-0.2, -0.15) is 0 Å². The Balaban J connectivity index is 1.84. The maximum atomic E-state index is 11.9. The van der Waals surface area contributed by atoms with E-state index in [-0.39, 0.29) is 11.9 Å². The number of carbonyl (C=O) groups is 1. The molecule has 1 aromatic carbocycles. The lowest BCUT2D eigenvalue weighted by atomic mass is 9.97. The quantitative estimate of drug-likeness (QED) is 0.776. The molecule has 0 spiro atoms. The van der Waals surface area contributed by atoms with E-state index in [1.54, 1.807) is 0 Å². The van der Waals surface area contributed by atoms with E-state index in [0.29, 0.717) is 12.3 Å². The lowest BCUT2D eigenvalue weighted by Crippen LogP contribution is -2.25. The molecule has 16 heavy (non-hydrogen) atoms. The number of hydrogen-bond donors (Lipinski definition) is 0. The van der Waals surface area contributed by atoms with Crippen LogP contribution in [0, 0.1) is 5.92 Å². The van der Waals surface area contributed by atoms with E-state index in [1.807, 2.05) is 18.2 Å². The number of hydrogen-bond acceptors (Lipinski definition) is 2. The summed E-state index contributed by atoms with van der Waals surface area (Å²) in [5, 5.41) is 0. The van der Waals surface area contributed by atoms with Gasteiger partial charge in [0.2, 0.25) is 0 Å². The molecular formula is C14H18O2. The molecule has 0 aromatic heterocycles. The molecule has 0 saturated carbocycles. The van der Waals surface area contributed by atoms with Gasteiger partial charge in [-0.15, -0.1) is 0 Å². The van der Waals surface area contributed by atoms with Crippen LogP contribution in [-0.2, 0) is 16.0 Å². The molecule has 2 heteroatoms.